The minimum absolute atomic E-state index is 0.181. The Morgan fingerprint density at radius 3 is 2.25 bits per heavy atom. The van der Waals surface area contributed by atoms with Crippen LogP contribution in [0.4, 0.5) is 0 Å². The highest BCUT2D eigenvalue weighted by molar-refractivity contribution is 5.79. The van der Waals surface area contributed by atoms with Crippen molar-refractivity contribution in [2.45, 2.75) is 52.9 Å². The highest BCUT2D eigenvalue weighted by atomic mass is 16.1. The van der Waals surface area contributed by atoms with Crippen molar-refractivity contribution in [1.29, 1.82) is 0 Å². The van der Waals surface area contributed by atoms with Gasteiger partial charge in [0.2, 0.25) is 5.91 Å². The molecule has 0 radical (unpaired) electrons. The van der Waals surface area contributed by atoms with E-state index in [1.54, 1.807) is 0 Å². The van der Waals surface area contributed by atoms with Gasteiger partial charge >= 0.3 is 0 Å². The summed E-state index contributed by atoms with van der Waals surface area (Å²) < 4.78 is 0. The number of rotatable bonds is 6. The Morgan fingerprint density at radius 1 is 1.25 bits per heavy atom. The molecule has 0 spiro atoms. The minimum atomic E-state index is -0.312. The van der Waals surface area contributed by atoms with E-state index >= 15 is 0 Å². The molecule has 0 aromatic rings. The Kier molecular flexibility index (Phi) is 4.95. The van der Waals surface area contributed by atoms with Crippen molar-refractivity contribution in [3.63, 3.8) is 0 Å². The first-order chi connectivity index (χ1) is 5.50. The minimum Gasteiger partial charge on any atom is -0.369 e. The van der Waals surface area contributed by atoms with Gasteiger partial charge < -0.3 is 5.73 Å². The summed E-state index contributed by atoms with van der Waals surface area (Å²) in [6, 6.07) is 0. The lowest BCUT2D eigenvalue weighted by molar-refractivity contribution is -0.126. The van der Waals surface area contributed by atoms with Crippen LogP contribution in [0.5, 0.6) is 0 Å². The predicted octanol–water partition coefficient (Wildman–Crippen LogP) is 2.47. The Labute approximate surface area is 75.5 Å². The summed E-state index contributed by atoms with van der Waals surface area (Å²) in [6.07, 6.45) is 5.74. The van der Waals surface area contributed by atoms with Crippen molar-refractivity contribution in [2.75, 3.05) is 0 Å². The fourth-order valence-corrected chi connectivity index (χ4v) is 1.12. The number of carbonyl (C=O) groups is 1. The van der Waals surface area contributed by atoms with Crippen LogP contribution in [0.25, 0.3) is 0 Å². The molecule has 0 heterocycles. The Balaban J connectivity index is 3.54. The fourth-order valence-electron chi connectivity index (χ4n) is 1.12. The van der Waals surface area contributed by atoms with Crippen LogP contribution >= 0.6 is 0 Å². The summed E-state index contributed by atoms with van der Waals surface area (Å²) in [6.45, 7) is 6.02. The molecule has 0 saturated heterocycles. The summed E-state index contributed by atoms with van der Waals surface area (Å²) >= 11 is 0. The molecular weight excluding hydrogens is 150 g/mol. The van der Waals surface area contributed by atoms with Gasteiger partial charge in [0.25, 0.3) is 0 Å². The van der Waals surface area contributed by atoms with Crippen LogP contribution in [0.3, 0.4) is 0 Å². The van der Waals surface area contributed by atoms with Gasteiger partial charge in [0, 0.05) is 5.41 Å². The fraction of sp³-hybridized carbons (Fsp3) is 0.900. The number of amides is 1. The monoisotopic (exact) mass is 171 g/mol. The van der Waals surface area contributed by atoms with Gasteiger partial charge in [0.1, 0.15) is 0 Å². The first-order valence-corrected chi connectivity index (χ1v) is 4.80. The number of unbranched alkanes of at least 4 members (excludes halogenated alkanes) is 3. The summed E-state index contributed by atoms with van der Waals surface area (Å²) in [5, 5.41) is 0. The Morgan fingerprint density at radius 2 is 1.83 bits per heavy atom. The number of carbonyl (C=O) groups excluding carboxylic acids is 1. The number of nitrogens with two attached hydrogens (primary N) is 1. The molecular formula is C10H21NO. The SMILES string of the molecule is CCCCCCC(C)(C)C(N)=O. The highest BCUT2D eigenvalue weighted by Gasteiger charge is 2.23. The molecule has 12 heavy (non-hydrogen) atoms. The molecule has 0 aliphatic rings. The molecule has 0 aliphatic carbocycles. The molecule has 0 unspecified atom stereocenters. The van der Waals surface area contributed by atoms with E-state index in [0.29, 0.717) is 0 Å². The molecule has 2 N–H and O–H groups in total. The van der Waals surface area contributed by atoms with Crippen LogP contribution in [-0.2, 0) is 4.79 Å². The van der Waals surface area contributed by atoms with E-state index in [4.69, 9.17) is 5.73 Å². The third-order valence-electron chi connectivity index (χ3n) is 2.32. The van der Waals surface area contributed by atoms with Gasteiger partial charge in [0.05, 0.1) is 0 Å². The number of primary amides is 1. The van der Waals surface area contributed by atoms with Gasteiger partial charge in [-0.1, -0.05) is 46.5 Å². The summed E-state index contributed by atoms with van der Waals surface area (Å²) in [5.74, 6) is -0.181. The molecule has 2 heteroatoms. The van der Waals surface area contributed by atoms with Crippen LogP contribution in [0.2, 0.25) is 0 Å². The van der Waals surface area contributed by atoms with Crippen molar-refractivity contribution < 1.29 is 4.79 Å². The van der Waals surface area contributed by atoms with E-state index in [1.807, 2.05) is 13.8 Å². The second-order valence-corrected chi connectivity index (χ2v) is 4.06. The van der Waals surface area contributed by atoms with Gasteiger partial charge in [-0.2, -0.15) is 0 Å². The smallest absolute Gasteiger partial charge is 0.223 e. The summed E-state index contributed by atoms with van der Waals surface area (Å²) in [5.41, 5.74) is 4.93. The van der Waals surface area contributed by atoms with Crippen LogP contribution in [-0.4, -0.2) is 5.91 Å². The number of hydrogen-bond donors (Lipinski definition) is 1. The lowest BCUT2D eigenvalue weighted by Crippen LogP contribution is -2.31. The summed E-state index contributed by atoms with van der Waals surface area (Å²) in [7, 11) is 0. The zero-order chi connectivity index (χ0) is 9.61. The zero-order valence-corrected chi connectivity index (χ0v) is 8.52. The third-order valence-corrected chi connectivity index (χ3v) is 2.32. The molecule has 0 rings (SSSR count). The van der Waals surface area contributed by atoms with Crippen LogP contribution in [0.15, 0.2) is 0 Å². The van der Waals surface area contributed by atoms with Gasteiger partial charge in [-0.3, -0.25) is 4.79 Å². The maximum absolute atomic E-state index is 10.9. The van der Waals surface area contributed by atoms with Crippen LogP contribution < -0.4 is 5.73 Å². The first-order valence-electron chi connectivity index (χ1n) is 4.80. The normalized spacial score (nSPS) is 11.6. The Bertz CT molecular complexity index is 141. The predicted molar refractivity (Wildman–Crippen MR) is 51.7 cm³/mol. The van der Waals surface area contributed by atoms with E-state index in [0.717, 1.165) is 12.8 Å². The molecule has 0 aromatic heterocycles. The van der Waals surface area contributed by atoms with Crippen LogP contribution in [0.1, 0.15) is 52.9 Å². The van der Waals surface area contributed by atoms with Crippen molar-refractivity contribution in [3.8, 4) is 0 Å². The van der Waals surface area contributed by atoms with Gasteiger partial charge in [-0.05, 0) is 6.42 Å². The average Bonchev–Trinajstić information content (AvgIpc) is 1.98. The Hall–Kier alpha value is -0.530. The lowest BCUT2D eigenvalue weighted by atomic mass is 9.86. The molecule has 0 bridgehead atoms. The molecule has 72 valence electrons. The molecule has 0 atom stereocenters. The first kappa shape index (κ1) is 11.5. The van der Waals surface area contributed by atoms with Crippen molar-refractivity contribution in [2.24, 2.45) is 11.1 Å². The standard InChI is InChI=1S/C10H21NO/c1-4-5-6-7-8-10(2,3)9(11)12/h4-8H2,1-3H3,(H2,11,12). The lowest BCUT2D eigenvalue weighted by Gasteiger charge is -2.19. The largest absolute Gasteiger partial charge is 0.369 e. The quantitative estimate of drug-likeness (QED) is 0.613. The second-order valence-electron chi connectivity index (χ2n) is 4.06. The topological polar surface area (TPSA) is 43.1 Å². The maximum atomic E-state index is 10.9. The second kappa shape index (κ2) is 5.18. The number of hydrogen-bond acceptors (Lipinski definition) is 1. The van der Waals surface area contributed by atoms with E-state index in [1.165, 1.54) is 19.3 Å². The molecule has 2 nitrogen and oxygen atoms in total. The molecule has 0 aromatic carbocycles. The van der Waals surface area contributed by atoms with E-state index < -0.39 is 0 Å². The van der Waals surface area contributed by atoms with E-state index in [-0.39, 0.29) is 11.3 Å². The van der Waals surface area contributed by atoms with Crippen molar-refractivity contribution in [1.82, 2.24) is 0 Å². The van der Waals surface area contributed by atoms with Gasteiger partial charge in [-0.15, -0.1) is 0 Å². The van der Waals surface area contributed by atoms with E-state index in [9.17, 15) is 4.79 Å². The van der Waals surface area contributed by atoms with Crippen molar-refractivity contribution >= 4 is 5.91 Å². The zero-order valence-electron chi connectivity index (χ0n) is 8.52. The van der Waals surface area contributed by atoms with Crippen LogP contribution in [0, 0.1) is 5.41 Å². The van der Waals surface area contributed by atoms with Crippen molar-refractivity contribution in [3.05, 3.63) is 0 Å². The highest BCUT2D eigenvalue weighted by Crippen LogP contribution is 2.22. The molecule has 0 aliphatic heterocycles. The maximum Gasteiger partial charge on any atom is 0.223 e. The molecule has 0 fully saturated rings. The molecule has 1 amide bonds. The van der Waals surface area contributed by atoms with Gasteiger partial charge in [0.15, 0.2) is 0 Å². The summed E-state index contributed by atoms with van der Waals surface area (Å²) in [4.78, 5) is 10.9. The molecule has 0 saturated carbocycles. The van der Waals surface area contributed by atoms with E-state index in [2.05, 4.69) is 6.92 Å². The average molecular weight is 171 g/mol. The third kappa shape index (κ3) is 4.37. The van der Waals surface area contributed by atoms with Gasteiger partial charge in [-0.25, -0.2) is 0 Å².